The van der Waals surface area contributed by atoms with Crippen LogP contribution in [0.2, 0.25) is 0 Å². The number of nitrogens with one attached hydrogen (secondary N) is 1. The Bertz CT molecular complexity index is 827. The van der Waals surface area contributed by atoms with Crippen molar-refractivity contribution in [3.63, 3.8) is 0 Å². The standard InChI is InChI=1S/C19H19FN4/c1-12(2)21-19-17(14-6-4-13(3)5-7-14)23-24-18(22-19)15-8-10-16(20)11-9-15/h4-12H,1-3H3,(H,21,22,24). The molecule has 0 radical (unpaired) electrons. The zero-order valence-corrected chi connectivity index (χ0v) is 13.9. The van der Waals surface area contributed by atoms with Gasteiger partial charge in [-0.15, -0.1) is 10.2 Å². The molecule has 24 heavy (non-hydrogen) atoms. The molecule has 122 valence electrons. The van der Waals surface area contributed by atoms with E-state index in [2.05, 4.69) is 20.5 Å². The summed E-state index contributed by atoms with van der Waals surface area (Å²) in [6, 6.07) is 14.4. The van der Waals surface area contributed by atoms with Gasteiger partial charge in [0.1, 0.15) is 11.5 Å². The quantitative estimate of drug-likeness (QED) is 0.770. The van der Waals surface area contributed by atoms with E-state index >= 15 is 0 Å². The van der Waals surface area contributed by atoms with Gasteiger partial charge in [-0.05, 0) is 45.0 Å². The molecule has 1 heterocycles. The van der Waals surface area contributed by atoms with Crippen LogP contribution in [0.5, 0.6) is 0 Å². The molecule has 0 aliphatic heterocycles. The SMILES string of the molecule is Cc1ccc(-c2nnc(-c3ccc(F)cc3)nc2NC(C)C)cc1. The van der Waals surface area contributed by atoms with E-state index in [0.29, 0.717) is 17.3 Å². The van der Waals surface area contributed by atoms with Crippen LogP contribution in [-0.4, -0.2) is 21.2 Å². The Balaban J connectivity index is 2.06. The minimum atomic E-state index is -0.288. The molecule has 1 aromatic heterocycles. The highest BCUT2D eigenvalue weighted by atomic mass is 19.1. The topological polar surface area (TPSA) is 50.7 Å². The van der Waals surface area contributed by atoms with Crippen LogP contribution in [0.3, 0.4) is 0 Å². The predicted molar refractivity (Wildman–Crippen MR) is 94.2 cm³/mol. The van der Waals surface area contributed by atoms with E-state index in [4.69, 9.17) is 0 Å². The van der Waals surface area contributed by atoms with Gasteiger partial charge in [-0.1, -0.05) is 29.8 Å². The molecular weight excluding hydrogens is 303 g/mol. The van der Waals surface area contributed by atoms with Crippen molar-refractivity contribution < 1.29 is 4.39 Å². The Morgan fingerprint density at radius 3 is 2.12 bits per heavy atom. The smallest absolute Gasteiger partial charge is 0.183 e. The molecule has 0 atom stereocenters. The molecule has 0 saturated carbocycles. The monoisotopic (exact) mass is 322 g/mol. The average Bonchev–Trinajstić information content (AvgIpc) is 2.56. The van der Waals surface area contributed by atoms with Crippen molar-refractivity contribution in [3.05, 3.63) is 59.9 Å². The summed E-state index contributed by atoms with van der Waals surface area (Å²) in [7, 11) is 0. The Morgan fingerprint density at radius 2 is 1.50 bits per heavy atom. The first-order chi connectivity index (χ1) is 11.5. The molecule has 0 amide bonds. The fraction of sp³-hybridized carbons (Fsp3) is 0.211. The van der Waals surface area contributed by atoms with Gasteiger partial charge in [0.15, 0.2) is 11.6 Å². The molecule has 3 rings (SSSR count). The fourth-order valence-electron chi connectivity index (χ4n) is 2.33. The van der Waals surface area contributed by atoms with E-state index in [-0.39, 0.29) is 11.9 Å². The molecule has 3 aromatic rings. The lowest BCUT2D eigenvalue weighted by molar-refractivity contribution is 0.628. The van der Waals surface area contributed by atoms with Gasteiger partial charge in [0.05, 0.1) is 0 Å². The Morgan fingerprint density at radius 1 is 0.875 bits per heavy atom. The number of hydrogen-bond donors (Lipinski definition) is 1. The maximum atomic E-state index is 13.1. The van der Waals surface area contributed by atoms with Gasteiger partial charge < -0.3 is 5.32 Å². The summed E-state index contributed by atoms with van der Waals surface area (Å²) in [6.45, 7) is 6.12. The first kappa shape index (κ1) is 16.1. The van der Waals surface area contributed by atoms with E-state index in [1.165, 1.54) is 17.7 Å². The summed E-state index contributed by atoms with van der Waals surface area (Å²) < 4.78 is 13.1. The second-order valence-corrected chi connectivity index (χ2v) is 6.00. The molecule has 0 saturated heterocycles. The lowest BCUT2D eigenvalue weighted by Crippen LogP contribution is -2.14. The van der Waals surface area contributed by atoms with Gasteiger partial charge in [0.25, 0.3) is 0 Å². The number of hydrogen-bond acceptors (Lipinski definition) is 4. The number of aromatic nitrogens is 3. The van der Waals surface area contributed by atoms with Gasteiger partial charge in [0, 0.05) is 17.2 Å². The largest absolute Gasteiger partial charge is 0.366 e. The molecular formula is C19H19FN4. The van der Waals surface area contributed by atoms with Crippen molar-refractivity contribution in [1.82, 2.24) is 15.2 Å². The predicted octanol–water partition coefficient (Wildman–Crippen LogP) is 4.47. The van der Waals surface area contributed by atoms with E-state index in [1.54, 1.807) is 12.1 Å². The highest BCUT2D eigenvalue weighted by molar-refractivity contribution is 5.72. The number of benzene rings is 2. The minimum Gasteiger partial charge on any atom is -0.366 e. The first-order valence-corrected chi connectivity index (χ1v) is 7.87. The molecule has 5 heteroatoms. The van der Waals surface area contributed by atoms with Crippen LogP contribution in [0.15, 0.2) is 48.5 Å². The molecule has 0 unspecified atom stereocenters. The van der Waals surface area contributed by atoms with E-state index < -0.39 is 0 Å². The van der Waals surface area contributed by atoms with Crippen molar-refractivity contribution in [2.75, 3.05) is 5.32 Å². The zero-order chi connectivity index (χ0) is 17.1. The summed E-state index contributed by atoms with van der Waals surface area (Å²) in [5.74, 6) is 0.848. The van der Waals surface area contributed by atoms with Gasteiger partial charge in [-0.3, -0.25) is 0 Å². The number of rotatable bonds is 4. The molecule has 0 aliphatic carbocycles. The second kappa shape index (κ2) is 6.74. The zero-order valence-electron chi connectivity index (χ0n) is 13.9. The highest BCUT2D eigenvalue weighted by Crippen LogP contribution is 2.26. The van der Waals surface area contributed by atoms with Crippen LogP contribution < -0.4 is 5.32 Å². The molecule has 0 bridgehead atoms. The summed E-state index contributed by atoms with van der Waals surface area (Å²) in [4.78, 5) is 4.60. The van der Waals surface area contributed by atoms with Crippen molar-refractivity contribution >= 4 is 5.82 Å². The van der Waals surface area contributed by atoms with Crippen LogP contribution >= 0.6 is 0 Å². The Hall–Kier alpha value is -2.82. The number of anilines is 1. The maximum absolute atomic E-state index is 13.1. The maximum Gasteiger partial charge on any atom is 0.183 e. The van der Waals surface area contributed by atoms with Crippen molar-refractivity contribution in [2.45, 2.75) is 26.8 Å². The van der Waals surface area contributed by atoms with Gasteiger partial charge in [-0.25, -0.2) is 9.37 Å². The fourth-order valence-corrected chi connectivity index (χ4v) is 2.33. The Kier molecular flexibility index (Phi) is 4.51. The van der Waals surface area contributed by atoms with Gasteiger partial charge >= 0.3 is 0 Å². The first-order valence-electron chi connectivity index (χ1n) is 7.87. The third-order valence-electron chi connectivity index (χ3n) is 3.54. The molecule has 0 aliphatic rings. The average molecular weight is 322 g/mol. The Labute approximate surface area is 140 Å². The van der Waals surface area contributed by atoms with Crippen LogP contribution in [0.4, 0.5) is 10.2 Å². The number of aryl methyl sites for hydroxylation is 1. The minimum absolute atomic E-state index is 0.201. The van der Waals surface area contributed by atoms with Crippen molar-refractivity contribution in [2.24, 2.45) is 0 Å². The van der Waals surface area contributed by atoms with Crippen LogP contribution in [0.25, 0.3) is 22.6 Å². The molecule has 1 N–H and O–H groups in total. The summed E-state index contributed by atoms with van der Waals surface area (Å²) in [5, 5.41) is 11.9. The molecule has 4 nitrogen and oxygen atoms in total. The molecule has 2 aromatic carbocycles. The second-order valence-electron chi connectivity index (χ2n) is 6.00. The van der Waals surface area contributed by atoms with E-state index in [9.17, 15) is 4.39 Å². The van der Waals surface area contributed by atoms with Crippen LogP contribution in [0.1, 0.15) is 19.4 Å². The van der Waals surface area contributed by atoms with Crippen molar-refractivity contribution in [1.29, 1.82) is 0 Å². The van der Waals surface area contributed by atoms with Gasteiger partial charge in [0.2, 0.25) is 0 Å². The molecule has 0 spiro atoms. The third-order valence-corrected chi connectivity index (χ3v) is 3.54. The third kappa shape index (κ3) is 3.56. The lowest BCUT2D eigenvalue weighted by atomic mass is 10.1. The lowest BCUT2D eigenvalue weighted by Gasteiger charge is -2.14. The van der Waals surface area contributed by atoms with Crippen LogP contribution in [-0.2, 0) is 0 Å². The van der Waals surface area contributed by atoms with Crippen LogP contribution in [0, 0.1) is 12.7 Å². The van der Waals surface area contributed by atoms with Gasteiger partial charge in [-0.2, -0.15) is 0 Å². The number of nitrogens with zero attached hydrogens (tertiary/aromatic N) is 3. The normalized spacial score (nSPS) is 10.9. The highest BCUT2D eigenvalue weighted by Gasteiger charge is 2.13. The summed E-state index contributed by atoms with van der Waals surface area (Å²) >= 11 is 0. The van der Waals surface area contributed by atoms with E-state index in [0.717, 1.165) is 11.1 Å². The van der Waals surface area contributed by atoms with E-state index in [1.807, 2.05) is 45.0 Å². The summed E-state index contributed by atoms with van der Waals surface area (Å²) in [5.41, 5.74) is 3.57. The molecule has 0 fully saturated rings. The number of halogens is 1. The van der Waals surface area contributed by atoms with Crippen molar-refractivity contribution in [3.8, 4) is 22.6 Å². The summed E-state index contributed by atoms with van der Waals surface area (Å²) in [6.07, 6.45) is 0.